The molecule has 0 saturated carbocycles. The highest BCUT2D eigenvalue weighted by molar-refractivity contribution is 6.32. The first-order chi connectivity index (χ1) is 15.0. The van der Waals surface area contributed by atoms with E-state index in [0.29, 0.717) is 22.6 Å². The normalized spacial score (nSPS) is 10.8. The molecule has 4 rings (SSSR count). The lowest BCUT2D eigenvalue weighted by Gasteiger charge is -2.12. The summed E-state index contributed by atoms with van der Waals surface area (Å²) in [5.41, 5.74) is 11.2. The number of rotatable bonds is 5. The summed E-state index contributed by atoms with van der Waals surface area (Å²) in [6, 6.07) is 20.0. The Morgan fingerprint density at radius 1 is 1.06 bits per heavy atom. The third-order valence-electron chi connectivity index (χ3n) is 5.10. The van der Waals surface area contributed by atoms with Crippen molar-refractivity contribution in [3.63, 3.8) is 0 Å². The van der Waals surface area contributed by atoms with Crippen LogP contribution in [0.3, 0.4) is 0 Å². The molecule has 0 atom stereocenters. The Balaban J connectivity index is 1.65. The Hall–Kier alpha value is -3.87. The van der Waals surface area contributed by atoms with Gasteiger partial charge in [0.25, 0.3) is 0 Å². The number of fused-ring (bicyclic) bond motifs is 1. The predicted octanol–water partition coefficient (Wildman–Crippen LogP) is 4.32. The summed E-state index contributed by atoms with van der Waals surface area (Å²) in [7, 11) is 7.30. The molecule has 1 amide bonds. The van der Waals surface area contributed by atoms with E-state index >= 15 is 0 Å². The van der Waals surface area contributed by atoms with E-state index in [9.17, 15) is 4.79 Å². The van der Waals surface area contributed by atoms with Crippen molar-refractivity contribution >= 4 is 41.7 Å². The summed E-state index contributed by atoms with van der Waals surface area (Å²) < 4.78 is 12.8. The minimum absolute atomic E-state index is 0.409. The van der Waals surface area contributed by atoms with E-state index in [0.717, 1.165) is 34.5 Å². The van der Waals surface area contributed by atoms with Gasteiger partial charge in [-0.3, -0.25) is 5.32 Å². The zero-order valence-corrected chi connectivity index (χ0v) is 17.4. The molecular weight excluding hydrogens is 389 g/mol. The van der Waals surface area contributed by atoms with Crippen LogP contribution in [0, 0.1) is 0 Å². The molecule has 2 radical (unpaired) electrons. The topological polar surface area (TPSA) is 78.5 Å². The predicted molar refractivity (Wildman–Crippen MR) is 125 cm³/mol. The van der Waals surface area contributed by atoms with Crippen molar-refractivity contribution in [2.45, 2.75) is 13.5 Å². The van der Waals surface area contributed by atoms with Gasteiger partial charge >= 0.3 is 6.09 Å². The number of carbonyl (C=O) groups is 1. The molecule has 1 heterocycles. The maximum Gasteiger partial charge on any atom is 0.417 e. The number of ether oxygens (including phenoxy) is 2. The highest BCUT2D eigenvalue weighted by atomic mass is 16.6. The standard InChI is InChI=1S/C24H22BN3O3/c1-3-28-21-14-19(30-2)11-12-20(21)22(26)23(28)15-5-4-6-17(13-15)27-24(29)31-18-9-7-16(25)8-10-18/h4-14H,3,26H2,1-2H3,(H,27,29). The van der Waals surface area contributed by atoms with Gasteiger partial charge in [0.15, 0.2) is 0 Å². The summed E-state index contributed by atoms with van der Waals surface area (Å²) in [5.74, 6) is 1.18. The van der Waals surface area contributed by atoms with Crippen molar-refractivity contribution in [1.29, 1.82) is 0 Å². The average Bonchev–Trinajstić information content (AvgIpc) is 3.06. The maximum atomic E-state index is 12.3. The Morgan fingerprint density at radius 2 is 1.81 bits per heavy atom. The molecule has 1 aromatic heterocycles. The molecule has 0 unspecified atom stereocenters. The highest BCUT2D eigenvalue weighted by Gasteiger charge is 2.17. The number of nitrogens with two attached hydrogens (primary N) is 1. The van der Waals surface area contributed by atoms with Gasteiger partial charge in [0.2, 0.25) is 0 Å². The van der Waals surface area contributed by atoms with Gasteiger partial charge in [-0.1, -0.05) is 29.7 Å². The molecule has 7 heteroatoms. The third-order valence-corrected chi connectivity index (χ3v) is 5.10. The van der Waals surface area contributed by atoms with Gasteiger partial charge in [-0.15, -0.1) is 0 Å². The van der Waals surface area contributed by atoms with Crippen molar-refractivity contribution in [2.75, 3.05) is 18.2 Å². The number of hydrogen-bond donors (Lipinski definition) is 2. The number of aromatic nitrogens is 1. The molecule has 0 aliphatic heterocycles. The number of nitrogen functional groups attached to an aromatic ring is 1. The van der Waals surface area contributed by atoms with Gasteiger partial charge in [-0.2, -0.15) is 0 Å². The van der Waals surface area contributed by atoms with Crippen LogP contribution in [-0.4, -0.2) is 25.6 Å². The molecule has 0 bridgehead atoms. The molecule has 3 aromatic carbocycles. The van der Waals surface area contributed by atoms with Crippen LogP contribution < -0.4 is 26.0 Å². The number of benzene rings is 3. The minimum atomic E-state index is -0.587. The van der Waals surface area contributed by atoms with Gasteiger partial charge in [-0.25, -0.2) is 4.79 Å². The van der Waals surface area contributed by atoms with Gasteiger partial charge in [-0.05, 0) is 43.3 Å². The monoisotopic (exact) mass is 411 g/mol. The second-order valence-electron chi connectivity index (χ2n) is 7.05. The summed E-state index contributed by atoms with van der Waals surface area (Å²) in [6.07, 6.45) is -0.587. The molecule has 0 saturated heterocycles. The quantitative estimate of drug-likeness (QED) is 0.480. The minimum Gasteiger partial charge on any atom is -0.497 e. The number of methoxy groups -OCH3 is 1. The number of anilines is 2. The number of carbonyl (C=O) groups excluding carboxylic acids is 1. The van der Waals surface area contributed by atoms with Crippen LogP contribution >= 0.6 is 0 Å². The van der Waals surface area contributed by atoms with E-state index in [2.05, 4.69) is 16.8 Å². The van der Waals surface area contributed by atoms with Crippen molar-refractivity contribution < 1.29 is 14.3 Å². The second kappa shape index (κ2) is 8.48. The third kappa shape index (κ3) is 4.07. The Labute approximate surface area is 182 Å². The number of amides is 1. The first-order valence-corrected chi connectivity index (χ1v) is 9.90. The summed E-state index contributed by atoms with van der Waals surface area (Å²) in [4.78, 5) is 12.3. The number of aryl methyl sites for hydroxylation is 1. The lowest BCUT2D eigenvalue weighted by atomic mass is 9.97. The fourth-order valence-corrected chi connectivity index (χ4v) is 3.65. The molecule has 3 N–H and O–H groups in total. The number of nitrogens with zero attached hydrogens (tertiary/aromatic N) is 1. The van der Waals surface area contributed by atoms with Crippen LogP contribution in [-0.2, 0) is 6.54 Å². The van der Waals surface area contributed by atoms with Crippen LogP contribution in [0.1, 0.15) is 6.92 Å². The zero-order chi connectivity index (χ0) is 22.0. The fraction of sp³-hybridized carbons (Fsp3) is 0.125. The molecule has 31 heavy (non-hydrogen) atoms. The van der Waals surface area contributed by atoms with Gasteiger partial charge in [0.1, 0.15) is 19.3 Å². The van der Waals surface area contributed by atoms with Crippen molar-refractivity contribution in [2.24, 2.45) is 0 Å². The van der Waals surface area contributed by atoms with E-state index in [-0.39, 0.29) is 0 Å². The van der Waals surface area contributed by atoms with Gasteiger partial charge in [0, 0.05) is 29.2 Å². The zero-order valence-electron chi connectivity index (χ0n) is 17.4. The molecule has 4 aromatic rings. The number of hydrogen-bond acceptors (Lipinski definition) is 4. The van der Waals surface area contributed by atoms with Crippen LogP contribution in [0.15, 0.2) is 66.7 Å². The molecular formula is C24H22BN3O3. The van der Waals surface area contributed by atoms with Crippen LogP contribution in [0.2, 0.25) is 0 Å². The molecule has 0 spiro atoms. The Bertz CT molecular complexity index is 1250. The van der Waals surface area contributed by atoms with Crippen molar-refractivity contribution in [3.8, 4) is 22.8 Å². The Morgan fingerprint density at radius 3 is 2.52 bits per heavy atom. The lowest BCUT2D eigenvalue weighted by Crippen LogP contribution is -2.17. The molecule has 154 valence electrons. The summed E-state index contributed by atoms with van der Waals surface area (Å²) >= 11 is 0. The smallest absolute Gasteiger partial charge is 0.417 e. The van der Waals surface area contributed by atoms with E-state index in [1.165, 1.54) is 0 Å². The van der Waals surface area contributed by atoms with Crippen LogP contribution in [0.5, 0.6) is 11.5 Å². The van der Waals surface area contributed by atoms with Crippen molar-refractivity contribution in [3.05, 3.63) is 66.7 Å². The lowest BCUT2D eigenvalue weighted by molar-refractivity contribution is 0.215. The molecule has 0 aliphatic rings. The molecule has 6 nitrogen and oxygen atoms in total. The largest absolute Gasteiger partial charge is 0.497 e. The summed E-state index contributed by atoms with van der Waals surface area (Å²) in [5, 5.41) is 3.72. The number of nitrogens with one attached hydrogen (secondary N) is 1. The van der Waals surface area contributed by atoms with Crippen molar-refractivity contribution in [1.82, 2.24) is 4.57 Å². The fourth-order valence-electron chi connectivity index (χ4n) is 3.65. The highest BCUT2D eigenvalue weighted by Crippen LogP contribution is 2.38. The van der Waals surface area contributed by atoms with E-state index < -0.39 is 6.09 Å². The maximum absolute atomic E-state index is 12.3. The van der Waals surface area contributed by atoms with Gasteiger partial charge in [0.05, 0.1) is 24.0 Å². The first-order valence-electron chi connectivity index (χ1n) is 9.90. The second-order valence-corrected chi connectivity index (χ2v) is 7.05. The van der Waals surface area contributed by atoms with Gasteiger partial charge < -0.3 is 19.8 Å². The molecule has 0 fully saturated rings. The van der Waals surface area contributed by atoms with E-state index in [1.54, 1.807) is 37.4 Å². The average molecular weight is 411 g/mol. The van der Waals surface area contributed by atoms with E-state index in [1.807, 2.05) is 36.4 Å². The molecule has 0 aliphatic carbocycles. The Kier molecular flexibility index (Phi) is 5.58. The summed E-state index contributed by atoms with van der Waals surface area (Å²) in [6.45, 7) is 2.79. The van der Waals surface area contributed by atoms with Crippen LogP contribution in [0.4, 0.5) is 16.2 Å². The SMILES string of the molecule is [B]c1ccc(OC(=O)Nc2cccc(-c3c(N)c4ccc(OC)cc4n3CC)c2)cc1. The van der Waals surface area contributed by atoms with E-state index in [4.69, 9.17) is 23.1 Å². The van der Waals surface area contributed by atoms with Crippen LogP contribution in [0.25, 0.3) is 22.2 Å². The first kappa shape index (κ1) is 20.4.